The van der Waals surface area contributed by atoms with Crippen molar-refractivity contribution in [3.05, 3.63) is 40.7 Å². The summed E-state index contributed by atoms with van der Waals surface area (Å²) in [4.78, 5) is 11.1. The van der Waals surface area contributed by atoms with Crippen molar-refractivity contribution in [3.63, 3.8) is 0 Å². The molecule has 1 aliphatic rings. The number of benzene rings is 1. The van der Waals surface area contributed by atoms with Gasteiger partial charge in [-0.25, -0.2) is 0 Å². The molecule has 0 bridgehead atoms. The summed E-state index contributed by atoms with van der Waals surface area (Å²) in [6, 6.07) is 8.09. The second-order valence-electron chi connectivity index (χ2n) is 3.44. The number of Topliss-reactive ketones (excluding diaryl/α,β-unsaturated/α-hetero) is 1. The first kappa shape index (κ1) is 12.0. The van der Waals surface area contributed by atoms with E-state index in [-0.39, 0.29) is 44.5 Å². The molecule has 68 valence electrons. The van der Waals surface area contributed by atoms with Crippen molar-refractivity contribution in [2.45, 2.75) is 25.9 Å². The van der Waals surface area contributed by atoms with Crippen LogP contribution in [0, 0.1) is 0 Å². The van der Waals surface area contributed by atoms with Crippen LogP contribution in [0.2, 0.25) is 0 Å². The van der Waals surface area contributed by atoms with Crippen LogP contribution in [0.4, 0.5) is 0 Å². The van der Waals surface area contributed by atoms with Crippen LogP contribution < -0.4 is 0 Å². The number of hydrogen-bond acceptors (Lipinski definition) is 1. The van der Waals surface area contributed by atoms with E-state index in [9.17, 15) is 4.79 Å². The third-order valence-corrected chi connectivity index (χ3v) is 2.48. The predicted molar refractivity (Wildman–Crippen MR) is 51.7 cm³/mol. The molecule has 0 fully saturated rings. The molecule has 2 nitrogen and oxygen atoms in total. The summed E-state index contributed by atoms with van der Waals surface area (Å²) in [7, 11) is 0. The van der Waals surface area contributed by atoms with Crippen LogP contribution in [0.25, 0.3) is 5.32 Å². The quantitative estimate of drug-likeness (QED) is 0.763. The van der Waals surface area contributed by atoms with E-state index in [0.717, 1.165) is 6.42 Å². The van der Waals surface area contributed by atoms with E-state index in [1.165, 1.54) is 11.1 Å². The molecule has 1 aromatic carbocycles. The van der Waals surface area contributed by atoms with Gasteiger partial charge in [-0.3, -0.25) is 0 Å². The van der Waals surface area contributed by atoms with E-state index in [1.54, 1.807) is 6.92 Å². The Hall–Kier alpha value is -0.0461. The third-order valence-electron chi connectivity index (χ3n) is 2.48. The molecule has 0 spiro atoms. The Balaban J connectivity index is 0.000000980. The maximum absolute atomic E-state index is 11.1. The molecule has 1 heterocycles. The van der Waals surface area contributed by atoms with Crippen molar-refractivity contribution in [1.29, 1.82) is 0 Å². The molecule has 2 rings (SSSR count). The summed E-state index contributed by atoms with van der Waals surface area (Å²) < 4.78 is 0. The van der Waals surface area contributed by atoms with Crippen LogP contribution in [0.5, 0.6) is 0 Å². The number of hydrogen-bond donors (Lipinski definition) is 0. The monoisotopic (exact) mass is 263 g/mol. The Morgan fingerprint density at radius 3 is 2.64 bits per heavy atom. The summed E-state index contributed by atoms with van der Waals surface area (Å²) in [6.07, 6.45) is 0.783. The van der Waals surface area contributed by atoms with E-state index in [4.69, 9.17) is 0 Å². The topological polar surface area (TPSA) is 31.2 Å². The molecule has 0 saturated heterocycles. The number of carbonyl (C=O) groups is 1. The fourth-order valence-electron chi connectivity index (χ4n) is 1.66. The first-order chi connectivity index (χ1) is 6.27. The number of carbonyl (C=O) groups excluding carboxylic acids is 1. The summed E-state index contributed by atoms with van der Waals surface area (Å²) in [5, 5.41) is 4.32. The normalized spacial score (nSPS) is 19.4. The van der Waals surface area contributed by atoms with Gasteiger partial charge in [-0.05, 0) is 18.9 Å². The minimum absolute atomic E-state index is 0. The van der Waals surface area contributed by atoms with Crippen molar-refractivity contribution in [2.75, 3.05) is 0 Å². The Labute approximate surface area is 109 Å². The van der Waals surface area contributed by atoms with Gasteiger partial charge >= 0.3 is 32.7 Å². The molecule has 3 heteroatoms. The van der Waals surface area contributed by atoms with E-state index >= 15 is 0 Å². The van der Waals surface area contributed by atoms with Crippen LogP contribution in [0.3, 0.4) is 0 Å². The third kappa shape index (κ3) is 2.50. The minimum Gasteiger partial charge on any atom is -0.649 e. The fraction of sp³-hybridized carbons (Fsp3) is 0.364. The molecule has 0 aromatic heterocycles. The van der Waals surface area contributed by atoms with Crippen molar-refractivity contribution in [1.82, 2.24) is 0 Å². The minimum atomic E-state index is -0.102. The summed E-state index contributed by atoms with van der Waals surface area (Å²) >= 11 is 0. The van der Waals surface area contributed by atoms with Crippen LogP contribution in [0.1, 0.15) is 18.1 Å². The summed E-state index contributed by atoms with van der Waals surface area (Å²) in [5.74, 6) is 0.175. The zero-order valence-electron chi connectivity index (χ0n) is 8.23. The van der Waals surface area contributed by atoms with Crippen LogP contribution in [0.15, 0.2) is 24.3 Å². The molecule has 0 aliphatic carbocycles. The van der Waals surface area contributed by atoms with E-state index < -0.39 is 0 Å². The van der Waals surface area contributed by atoms with Gasteiger partial charge in [0.1, 0.15) is 5.78 Å². The Bertz CT molecular complexity index is 338. The molecular weight excluding hydrogens is 251 g/mol. The van der Waals surface area contributed by atoms with Crippen LogP contribution >= 0.6 is 0 Å². The molecule has 14 heavy (non-hydrogen) atoms. The summed E-state index contributed by atoms with van der Waals surface area (Å²) in [5.41, 5.74) is 2.54. The van der Waals surface area contributed by atoms with Crippen molar-refractivity contribution >= 4 is 5.78 Å². The first-order valence-electron chi connectivity index (χ1n) is 4.51. The summed E-state index contributed by atoms with van der Waals surface area (Å²) in [6.45, 7) is 2.31. The number of rotatable bonds is 1. The zero-order valence-corrected chi connectivity index (χ0v) is 11.1. The molecule has 1 unspecified atom stereocenters. The number of ketones is 1. The maximum atomic E-state index is 11.1. The van der Waals surface area contributed by atoms with E-state index in [2.05, 4.69) is 17.4 Å². The maximum Gasteiger partial charge on any atom is 3.00 e. The van der Waals surface area contributed by atoms with Gasteiger partial charge in [-0.2, -0.15) is 0 Å². The van der Waals surface area contributed by atoms with Gasteiger partial charge in [0, 0.05) is 0 Å². The Morgan fingerprint density at radius 1 is 1.36 bits per heavy atom. The smallest absolute Gasteiger partial charge is 0.649 e. The molecule has 1 atom stereocenters. The second-order valence-corrected chi connectivity index (χ2v) is 3.44. The fourth-order valence-corrected chi connectivity index (χ4v) is 1.66. The molecular formula is C11H12NOY+2. The van der Waals surface area contributed by atoms with Gasteiger partial charge in [0.2, 0.25) is 0 Å². The molecule has 0 amide bonds. The molecule has 1 aromatic rings. The molecule has 0 N–H and O–H groups in total. The molecule has 1 aliphatic heterocycles. The average Bonchev–Trinajstić information content (AvgIpc) is 2.17. The number of nitrogens with zero attached hydrogens (tertiary/aromatic N) is 1. The van der Waals surface area contributed by atoms with Gasteiger partial charge in [0.05, 0.1) is 0 Å². The van der Waals surface area contributed by atoms with Crippen molar-refractivity contribution < 1.29 is 37.5 Å². The van der Waals surface area contributed by atoms with Gasteiger partial charge in [-0.15, -0.1) is 6.54 Å². The molecule has 0 saturated carbocycles. The second kappa shape index (κ2) is 5.15. The van der Waals surface area contributed by atoms with E-state index in [1.807, 2.05) is 12.1 Å². The van der Waals surface area contributed by atoms with Gasteiger partial charge in [0.15, 0.2) is 0 Å². The average molecular weight is 263 g/mol. The molecule has 0 radical (unpaired) electrons. The van der Waals surface area contributed by atoms with E-state index in [0.29, 0.717) is 6.54 Å². The van der Waals surface area contributed by atoms with Crippen LogP contribution in [-0.4, -0.2) is 11.8 Å². The van der Waals surface area contributed by atoms with Crippen molar-refractivity contribution in [2.24, 2.45) is 0 Å². The van der Waals surface area contributed by atoms with Crippen LogP contribution in [-0.2, 0) is 50.5 Å². The van der Waals surface area contributed by atoms with Gasteiger partial charge < -0.3 is 10.1 Å². The largest absolute Gasteiger partial charge is 3.00 e. The standard InChI is InChI=1S/C11H12NO.Y/c1-8(13)11-6-9-4-2-3-5-10(9)7-12-11;/h2-5,11H,6-7H2,1H3;/q-1;+3. The van der Waals surface area contributed by atoms with Gasteiger partial charge in [0.25, 0.3) is 0 Å². The first-order valence-corrected chi connectivity index (χ1v) is 4.51. The Kier molecular flexibility index (Phi) is 4.43. The van der Waals surface area contributed by atoms with Gasteiger partial charge in [-0.1, -0.05) is 35.9 Å². The number of fused-ring (bicyclic) bond motifs is 1. The predicted octanol–water partition coefficient (Wildman–Crippen LogP) is 2.07. The SMILES string of the molecule is CC(=O)C1Cc2ccccc2C[N-]1.[Y+3]. The van der Waals surface area contributed by atoms with Crippen molar-refractivity contribution in [3.8, 4) is 0 Å². The Morgan fingerprint density at radius 2 is 2.00 bits per heavy atom. The zero-order chi connectivity index (χ0) is 9.26.